The van der Waals surface area contributed by atoms with Gasteiger partial charge in [-0.15, -0.1) is 0 Å². The lowest BCUT2D eigenvalue weighted by molar-refractivity contribution is 0.102. The fraction of sp³-hybridized carbons (Fsp3) is 0.188. The maximum absolute atomic E-state index is 12.4. The Bertz CT molecular complexity index is 698. The van der Waals surface area contributed by atoms with Gasteiger partial charge >= 0.3 is 0 Å². The van der Waals surface area contributed by atoms with Crippen molar-refractivity contribution >= 4 is 17.3 Å². The quantitative estimate of drug-likeness (QED) is 0.742. The number of para-hydroxylation sites is 1. The summed E-state index contributed by atoms with van der Waals surface area (Å²) in [5.41, 5.74) is 2.79. The van der Waals surface area contributed by atoms with E-state index >= 15 is 0 Å². The first kappa shape index (κ1) is 13.3. The monoisotopic (exact) mass is 284 g/mol. The Morgan fingerprint density at radius 3 is 3.00 bits per heavy atom. The summed E-state index contributed by atoms with van der Waals surface area (Å²) in [7, 11) is 0. The molecule has 0 bridgehead atoms. The summed E-state index contributed by atoms with van der Waals surface area (Å²) < 4.78 is 5.60. The third-order valence-corrected chi connectivity index (χ3v) is 3.38. The van der Waals surface area contributed by atoms with Crippen LogP contribution in [0.5, 0.6) is 11.5 Å². The van der Waals surface area contributed by atoms with Gasteiger partial charge in [0, 0.05) is 12.2 Å². The van der Waals surface area contributed by atoms with Crippen LogP contribution in [0.25, 0.3) is 0 Å². The van der Waals surface area contributed by atoms with Gasteiger partial charge in [-0.3, -0.25) is 4.79 Å². The van der Waals surface area contributed by atoms with Crippen LogP contribution in [0.3, 0.4) is 0 Å². The van der Waals surface area contributed by atoms with Gasteiger partial charge in [0.05, 0.1) is 11.3 Å². The minimum atomic E-state index is -0.232. The largest absolute Gasteiger partial charge is 0.508 e. The molecule has 0 radical (unpaired) electrons. The summed E-state index contributed by atoms with van der Waals surface area (Å²) in [6.45, 7) is 3.10. The van der Waals surface area contributed by atoms with Gasteiger partial charge in [0.25, 0.3) is 5.91 Å². The first-order chi connectivity index (χ1) is 10.1. The molecule has 3 rings (SSSR count). The Morgan fingerprint density at radius 2 is 2.19 bits per heavy atom. The second-order valence-corrected chi connectivity index (χ2v) is 4.91. The number of nitrogens with one attached hydrogen (secondary N) is 2. The summed E-state index contributed by atoms with van der Waals surface area (Å²) in [5, 5.41) is 15.5. The van der Waals surface area contributed by atoms with Crippen LogP contribution in [0.4, 0.5) is 11.4 Å². The van der Waals surface area contributed by atoms with Crippen LogP contribution in [0.1, 0.15) is 15.9 Å². The van der Waals surface area contributed by atoms with Gasteiger partial charge in [-0.2, -0.15) is 0 Å². The molecule has 108 valence electrons. The number of amides is 1. The zero-order valence-electron chi connectivity index (χ0n) is 11.6. The van der Waals surface area contributed by atoms with E-state index in [1.165, 1.54) is 0 Å². The molecule has 0 aliphatic carbocycles. The van der Waals surface area contributed by atoms with Gasteiger partial charge < -0.3 is 20.5 Å². The molecule has 0 saturated heterocycles. The molecule has 2 aromatic carbocycles. The average Bonchev–Trinajstić information content (AvgIpc) is 2.49. The molecule has 1 amide bonds. The van der Waals surface area contributed by atoms with Crippen molar-refractivity contribution in [3.8, 4) is 11.5 Å². The number of rotatable bonds is 2. The molecule has 0 saturated carbocycles. The Kier molecular flexibility index (Phi) is 3.39. The normalized spacial score (nSPS) is 12.8. The minimum absolute atomic E-state index is 0.176. The van der Waals surface area contributed by atoms with Crippen LogP contribution in [0.15, 0.2) is 36.4 Å². The molecule has 0 unspecified atom stereocenters. The van der Waals surface area contributed by atoms with Crippen molar-refractivity contribution in [3.63, 3.8) is 0 Å². The van der Waals surface area contributed by atoms with Crippen molar-refractivity contribution in [2.24, 2.45) is 0 Å². The summed E-state index contributed by atoms with van der Waals surface area (Å²) in [4.78, 5) is 12.4. The molecular formula is C16H16N2O3. The third kappa shape index (κ3) is 2.63. The Hall–Kier alpha value is -2.69. The van der Waals surface area contributed by atoms with Gasteiger partial charge in [-0.05, 0) is 42.8 Å². The van der Waals surface area contributed by atoms with Gasteiger partial charge in [0.1, 0.15) is 12.4 Å². The van der Waals surface area contributed by atoms with Crippen LogP contribution < -0.4 is 15.4 Å². The first-order valence-corrected chi connectivity index (χ1v) is 6.76. The number of hydrogen-bond donors (Lipinski definition) is 3. The van der Waals surface area contributed by atoms with E-state index in [0.717, 1.165) is 17.8 Å². The molecular weight excluding hydrogens is 268 g/mol. The molecule has 2 aromatic rings. The zero-order valence-corrected chi connectivity index (χ0v) is 11.6. The highest BCUT2D eigenvalue weighted by molar-refractivity contribution is 6.07. The molecule has 21 heavy (non-hydrogen) atoms. The standard InChI is InChI=1S/C16H16N2O3/c1-10-9-11(19)5-6-13(10)18-16(20)12-3-2-4-14-15(12)21-8-7-17-14/h2-6,9,17,19H,7-8H2,1H3,(H,18,20). The van der Waals surface area contributed by atoms with Crippen LogP contribution >= 0.6 is 0 Å². The number of phenols is 1. The lowest BCUT2D eigenvalue weighted by atomic mass is 10.1. The first-order valence-electron chi connectivity index (χ1n) is 6.76. The number of phenolic OH excluding ortho intramolecular Hbond substituents is 1. The van der Waals surface area contributed by atoms with Gasteiger partial charge in [-0.1, -0.05) is 6.07 Å². The summed E-state index contributed by atoms with van der Waals surface area (Å²) in [5.74, 6) is 0.525. The van der Waals surface area contributed by atoms with Crippen molar-refractivity contribution in [3.05, 3.63) is 47.5 Å². The minimum Gasteiger partial charge on any atom is -0.508 e. The van der Waals surface area contributed by atoms with E-state index in [2.05, 4.69) is 10.6 Å². The Morgan fingerprint density at radius 1 is 1.33 bits per heavy atom. The molecule has 0 atom stereocenters. The number of hydrogen-bond acceptors (Lipinski definition) is 4. The van der Waals surface area contributed by atoms with Crippen molar-refractivity contribution in [1.82, 2.24) is 0 Å². The predicted molar refractivity (Wildman–Crippen MR) is 81.2 cm³/mol. The van der Waals surface area contributed by atoms with E-state index in [1.54, 1.807) is 24.3 Å². The summed E-state index contributed by atoms with van der Waals surface area (Å²) in [6.07, 6.45) is 0. The SMILES string of the molecule is Cc1cc(O)ccc1NC(=O)c1cccc2c1OCCN2. The molecule has 0 aromatic heterocycles. The van der Waals surface area contributed by atoms with Crippen molar-refractivity contribution in [2.45, 2.75) is 6.92 Å². The van der Waals surface area contributed by atoms with Crippen LogP contribution in [-0.2, 0) is 0 Å². The summed E-state index contributed by atoms with van der Waals surface area (Å²) in [6, 6.07) is 10.3. The molecule has 0 spiro atoms. The molecule has 1 aliphatic rings. The smallest absolute Gasteiger partial charge is 0.259 e. The van der Waals surface area contributed by atoms with Gasteiger partial charge in [-0.25, -0.2) is 0 Å². The van der Waals surface area contributed by atoms with Gasteiger partial charge in [0.15, 0.2) is 5.75 Å². The second-order valence-electron chi connectivity index (χ2n) is 4.91. The predicted octanol–water partition coefficient (Wildman–Crippen LogP) is 2.76. The highest BCUT2D eigenvalue weighted by atomic mass is 16.5. The van der Waals surface area contributed by atoms with Gasteiger partial charge in [0.2, 0.25) is 0 Å². The summed E-state index contributed by atoms with van der Waals surface area (Å²) >= 11 is 0. The number of ether oxygens (including phenoxy) is 1. The molecule has 3 N–H and O–H groups in total. The third-order valence-electron chi connectivity index (χ3n) is 3.38. The molecule has 5 heteroatoms. The number of benzene rings is 2. The number of fused-ring (bicyclic) bond motifs is 1. The highest BCUT2D eigenvalue weighted by Crippen LogP contribution is 2.32. The van der Waals surface area contributed by atoms with Crippen LogP contribution in [0, 0.1) is 6.92 Å². The van der Waals surface area contributed by atoms with Crippen molar-refractivity contribution < 1.29 is 14.6 Å². The fourth-order valence-electron chi connectivity index (χ4n) is 2.33. The van der Waals surface area contributed by atoms with Crippen molar-refractivity contribution in [1.29, 1.82) is 0 Å². The van der Waals surface area contributed by atoms with Crippen molar-refractivity contribution in [2.75, 3.05) is 23.8 Å². The Labute approximate surface area is 122 Å². The zero-order chi connectivity index (χ0) is 14.8. The van der Waals surface area contributed by atoms with E-state index in [0.29, 0.717) is 23.6 Å². The lowest BCUT2D eigenvalue weighted by Gasteiger charge is -2.21. The average molecular weight is 284 g/mol. The van der Waals surface area contributed by atoms with E-state index in [9.17, 15) is 9.90 Å². The second kappa shape index (κ2) is 5.36. The fourth-order valence-corrected chi connectivity index (χ4v) is 2.33. The molecule has 1 aliphatic heterocycles. The maximum atomic E-state index is 12.4. The Balaban J connectivity index is 1.89. The van der Waals surface area contributed by atoms with Crippen LogP contribution in [-0.4, -0.2) is 24.2 Å². The van der Waals surface area contributed by atoms with Crippen LogP contribution in [0.2, 0.25) is 0 Å². The molecule has 0 fully saturated rings. The number of carbonyl (C=O) groups is 1. The number of aryl methyl sites for hydroxylation is 1. The van der Waals surface area contributed by atoms with E-state index in [4.69, 9.17) is 4.74 Å². The highest BCUT2D eigenvalue weighted by Gasteiger charge is 2.19. The molecule has 1 heterocycles. The number of aromatic hydroxyl groups is 1. The van der Waals surface area contributed by atoms with E-state index < -0.39 is 0 Å². The van der Waals surface area contributed by atoms with E-state index in [1.807, 2.05) is 19.1 Å². The van der Waals surface area contributed by atoms with E-state index in [-0.39, 0.29) is 11.7 Å². The lowest BCUT2D eigenvalue weighted by Crippen LogP contribution is -2.22. The number of carbonyl (C=O) groups excluding carboxylic acids is 1. The maximum Gasteiger partial charge on any atom is 0.259 e. The molecule has 5 nitrogen and oxygen atoms in total. The topological polar surface area (TPSA) is 70.6 Å². The number of anilines is 2.